The SMILES string of the molecule is COc1ccc(CN2C(=O)C(NC(=O)OCc3ccccc3)C2CNC(=O)OCCS(C)(=O)=O)c(OC)c1. The predicted octanol–water partition coefficient (Wildman–Crippen LogP) is 1.48. The topological polar surface area (TPSA) is 150 Å². The van der Waals surface area contributed by atoms with Crippen LogP contribution in [-0.4, -0.2) is 82.9 Å². The Labute approximate surface area is 221 Å². The molecule has 3 rings (SSSR count). The van der Waals surface area contributed by atoms with Gasteiger partial charge in [-0.1, -0.05) is 30.3 Å². The van der Waals surface area contributed by atoms with E-state index in [2.05, 4.69) is 10.6 Å². The fraction of sp³-hybridized carbons (Fsp3) is 0.400. The summed E-state index contributed by atoms with van der Waals surface area (Å²) in [7, 11) is -0.275. The van der Waals surface area contributed by atoms with Gasteiger partial charge in [0, 0.05) is 31.0 Å². The van der Waals surface area contributed by atoms with Gasteiger partial charge in [0.25, 0.3) is 0 Å². The molecule has 2 atom stereocenters. The number of hydrogen-bond donors (Lipinski definition) is 2. The van der Waals surface area contributed by atoms with Gasteiger partial charge in [-0.05, 0) is 17.7 Å². The number of amides is 3. The third-order valence-corrected chi connectivity index (χ3v) is 6.71. The minimum absolute atomic E-state index is 0.0237. The van der Waals surface area contributed by atoms with Crippen LogP contribution in [0.1, 0.15) is 11.1 Å². The number of ether oxygens (including phenoxy) is 4. The molecule has 2 aromatic rings. The van der Waals surface area contributed by atoms with Crippen LogP contribution in [0.3, 0.4) is 0 Å². The molecule has 206 valence electrons. The van der Waals surface area contributed by atoms with Crippen molar-refractivity contribution in [2.75, 3.05) is 39.4 Å². The lowest BCUT2D eigenvalue weighted by atomic mass is 9.93. The highest BCUT2D eigenvalue weighted by molar-refractivity contribution is 7.90. The molecule has 12 nitrogen and oxygen atoms in total. The van der Waals surface area contributed by atoms with E-state index < -0.39 is 34.1 Å². The van der Waals surface area contributed by atoms with Crippen LogP contribution in [0.25, 0.3) is 0 Å². The number of hydrogen-bond acceptors (Lipinski definition) is 9. The molecule has 2 aromatic carbocycles. The standard InChI is InChI=1S/C25H31N3O9S/c1-34-19-10-9-18(21(13-19)35-2)15-28-20(14-26-24(30)36-11-12-38(3,32)33)22(23(28)29)27-25(31)37-16-17-7-5-4-6-8-17/h4-10,13,20,22H,11-12,14-16H2,1-3H3,(H,26,30)(H,27,31). The Balaban J connectivity index is 1.66. The third kappa shape index (κ3) is 8.00. The number of carbonyl (C=O) groups is 3. The molecule has 0 aliphatic carbocycles. The Morgan fingerprint density at radius 2 is 1.74 bits per heavy atom. The van der Waals surface area contributed by atoms with Crippen LogP contribution in [-0.2, 0) is 37.3 Å². The van der Waals surface area contributed by atoms with Gasteiger partial charge in [0.15, 0.2) is 9.84 Å². The first kappa shape index (κ1) is 28.6. The normalized spacial score (nSPS) is 16.7. The molecular formula is C25H31N3O9S. The minimum atomic E-state index is -3.29. The lowest BCUT2D eigenvalue weighted by Gasteiger charge is -2.47. The number of rotatable bonds is 12. The number of β-lactam (4-membered cyclic amide) rings is 1. The van der Waals surface area contributed by atoms with Crippen molar-refractivity contribution >= 4 is 27.9 Å². The van der Waals surface area contributed by atoms with Gasteiger partial charge < -0.3 is 34.5 Å². The Morgan fingerprint density at radius 3 is 2.39 bits per heavy atom. The second kappa shape index (κ2) is 13.0. The summed E-state index contributed by atoms with van der Waals surface area (Å²) in [5, 5.41) is 5.08. The Kier molecular flexibility index (Phi) is 9.77. The van der Waals surface area contributed by atoms with Crippen molar-refractivity contribution in [2.45, 2.75) is 25.2 Å². The zero-order chi connectivity index (χ0) is 27.7. The summed E-state index contributed by atoms with van der Waals surface area (Å²) in [6.45, 7) is -0.214. The summed E-state index contributed by atoms with van der Waals surface area (Å²) in [6, 6.07) is 12.6. The van der Waals surface area contributed by atoms with Crippen LogP contribution in [0.15, 0.2) is 48.5 Å². The van der Waals surface area contributed by atoms with E-state index >= 15 is 0 Å². The van der Waals surface area contributed by atoms with E-state index in [0.717, 1.165) is 11.8 Å². The molecule has 1 aliphatic heterocycles. The van der Waals surface area contributed by atoms with E-state index in [4.69, 9.17) is 18.9 Å². The molecule has 3 amide bonds. The van der Waals surface area contributed by atoms with Gasteiger partial charge in [-0.2, -0.15) is 0 Å². The number of sulfone groups is 1. The van der Waals surface area contributed by atoms with Crippen molar-refractivity contribution in [3.05, 3.63) is 59.7 Å². The summed E-state index contributed by atoms with van der Waals surface area (Å²) in [6.07, 6.45) is -0.595. The second-order valence-electron chi connectivity index (χ2n) is 8.54. The molecule has 1 saturated heterocycles. The van der Waals surface area contributed by atoms with Crippen LogP contribution in [0.4, 0.5) is 9.59 Å². The van der Waals surface area contributed by atoms with E-state index in [0.29, 0.717) is 17.1 Å². The summed E-state index contributed by atoms with van der Waals surface area (Å²) >= 11 is 0. The van der Waals surface area contributed by atoms with Crippen LogP contribution in [0, 0.1) is 0 Å². The summed E-state index contributed by atoms with van der Waals surface area (Å²) in [4.78, 5) is 39.0. The molecule has 0 spiro atoms. The van der Waals surface area contributed by atoms with Crippen LogP contribution >= 0.6 is 0 Å². The van der Waals surface area contributed by atoms with Crippen molar-refractivity contribution in [2.24, 2.45) is 0 Å². The van der Waals surface area contributed by atoms with Crippen molar-refractivity contribution in [3.8, 4) is 11.5 Å². The monoisotopic (exact) mass is 549 g/mol. The Bertz CT molecular complexity index is 1240. The number of methoxy groups -OCH3 is 2. The lowest BCUT2D eigenvalue weighted by molar-refractivity contribution is -0.151. The number of nitrogens with zero attached hydrogens (tertiary/aromatic N) is 1. The highest BCUT2D eigenvalue weighted by Gasteiger charge is 2.48. The molecule has 0 bridgehead atoms. The lowest BCUT2D eigenvalue weighted by Crippen LogP contribution is -2.72. The first-order valence-electron chi connectivity index (χ1n) is 11.7. The van der Waals surface area contributed by atoms with Gasteiger partial charge in [0.1, 0.15) is 30.8 Å². The largest absolute Gasteiger partial charge is 0.497 e. The second-order valence-corrected chi connectivity index (χ2v) is 10.8. The highest BCUT2D eigenvalue weighted by atomic mass is 32.2. The fourth-order valence-corrected chi connectivity index (χ4v) is 4.15. The molecule has 0 saturated carbocycles. The smallest absolute Gasteiger partial charge is 0.408 e. The number of carbonyl (C=O) groups excluding carboxylic acids is 3. The Morgan fingerprint density at radius 1 is 1.00 bits per heavy atom. The number of benzene rings is 2. The molecular weight excluding hydrogens is 518 g/mol. The van der Waals surface area contributed by atoms with Gasteiger partial charge in [-0.15, -0.1) is 0 Å². The maximum Gasteiger partial charge on any atom is 0.408 e. The molecule has 13 heteroatoms. The number of likely N-dealkylation sites (tertiary alicyclic amines) is 1. The molecule has 38 heavy (non-hydrogen) atoms. The fourth-order valence-electron chi connectivity index (χ4n) is 3.77. The van der Waals surface area contributed by atoms with Crippen LogP contribution in [0.2, 0.25) is 0 Å². The molecule has 0 radical (unpaired) electrons. The molecule has 0 aromatic heterocycles. The summed E-state index contributed by atoms with van der Waals surface area (Å²) in [5.41, 5.74) is 1.47. The summed E-state index contributed by atoms with van der Waals surface area (Å²) in [5.74, 6) is 0.388. The molecule has 1 heterocycles. The average Bonchev–Trinajstić information content (AvgIpc) is 2.90. The van der Waals surface area contributed by atoms with Gasteiger partial charge in [-0.25, -0.2) is 18.0 Å². The number of nitrogens with one attached hydrogen (secondary N) is 2. The molecule has 2 unspecified atom stereocenters. The van der Waals surface area contributed by atoms with E-state index in [9.17, 15) is 22.8 Å². The first-order chi connectivity index (χ1) is 18.1. The average molecular weight is 550 g/mol. The van der Waals surface area contributed by atoms with Crippen LogP contribution in [0.5, 0.6) is 11.5 Å². The van der Waals surface area contributed by atoms with Crippen molar-refractivity contribution < 1.29 is 41.7 Å². The zero-order valence-electron chi connectivity index (χ0n) is 21.3. The van der Waals surface area contributed by atoms with Crippen LogP contribution < -0.4 is 20.1 Å². The zero-order valence-corrected chi connectivity index (χ0v) is 22.2. The van der Waals surface area contributed by atoms with E-state index in [1.165, 1.54) is 19.1 Å². The van der Waals surface area contributed by atoms with Gasteiger partial charge >= 0.3 is 12.2 Å². The molecule has 1 fully saturated rings. The van der Waals surface area contributed by atoms with E-state index in [1.54, 1.807) is 30.3 Å². The third-order valence-electron chi connectivity index (χ3n) is 5.80. The van der Waals surface area contributed by atoms with E-state index in [-0.39, 0.29) is 38.0 Å². The van der Waals surface area contributed by atoms with Gasteiger partial charge in [0.05, 0.1) is 26.0 Å². The van der Waals surface area contributed by atoms with Crippen molar-refractivity contribution in [1.29, 1.82) is 0 Å². The molecule has 1 aliphatic rings. The minimum Gasteiger partial charge on any atom is -0.497 e. The van der Waals surface area contributed by atoms with Gasteiger partial charge in [-0.3, -0.25) is 4.79 Å². The maximum atomic E-state index is 13.0. The van der Waals surface area contributed by atoms with Gasteiger partial charge in [0.2, 0.25) is 5.91 Å². The first-order valence-corrected chi connectivity index (χ1v) is 13.7. The summed E-state index contributed by atoms with van der Waals surface area (Å²) < 4.78 is 43.3. The highest BCUT2D eigenvalue weighted by Crippen LogP contribution is 2.30. The number of alkyl carbamates (subject to hydrolysis) is 2. The quantitative estimate of drug-likeness (QED) is 0.375. The predicted molar refractivity (Wildman–Crippen MR) is 136 cm³/mol. The van der Waals surface area contributed by atoms with Crippen molar-refractivity contribution in [1.82, 2.24) is 15.5 Å². The Hall–Kier alpha value is -4.00. The van der Waals surface area contributed by atoms with E-state index in [1.807, 2.05) is 18.2 Å². The maximum absolute atomic E-state index is 13.0. The van der Waals surface area contributed by atoms with Crippen molar-refractivity contribution in [3.63, 3.8) is 0 Å². The molecule has 2 N–H and O–H groups in total.